The number of rotatable bonds is 14. The molecule has 3 aromatic carbocycles. The Kier molecular flexibility index (Phi) is 13.8. The average molecular weight is 790 g/mol. The number of amidine groups is 1. The minimum Gasteiger partial charge on any atom is -0.493 e. The molecule has 0 spiro atoms. The standard InChI is InChI=1S/C37H46Cl2N6O7S/c1-6-52-31-19-24(2)32(53(48,49)40-23-51-5)20-30(31)36-42-34(26-7-11-28(38)12-8-26)35(27-9-13-29(39)14-10-27)45(36)37(47)44-17-15-43(16-18-44)21-33(46)41-25(3)22-50-4/h7-14,19-20,25,34-35,40H,6,15-18,21-23H2,1-5H3,(H,41,46)/t25?,34-,35+/m0/s1. The van der Waals surface area contributed by atoms with E-state index in [0.29, 0.717) is 59.7 Å². The molecule has 2 aliphatic heterocycles. The van der Waals surface area contributed by atoms with Crippen molar-refractivity contribution in [3.63, 3.8) is 0 Å². The highest BCUT2D eigenvalue weighted by Gasteiger charge is 2.45. The van der Waals surface area contributed by atoms with Crippen molar-refractivity contribution in [2.45, 2.75) is 43.8 Å². The van der Waals surface area contributed by atoms with Crippen LogP contribution < -0.4 is 14.8 Å². The highest BCUT2D eigenvalue weighted by molar-refractivity contribution is 7.89. The van der Waals surface area contributed by atoms with Gasteiger partial charge in [-0.3, -0.25) is 19.6 Å². The van der Waals surface area contributed by atoms with E-state index in [1.54, 1.807) is 54.2 Å². The first-order valence-corrected chi connectivity index (χ1v) is 19.5. The van der Waals surface area contributed by atoms with Gasteiger partial charge >= 0.3 is 6.03 Å². The van der Waals surface area contributed by atoms with E-state index in [1.165, 1.54) is 13.2 Å². The number of amides is 3. The summed E-state index contributed by atoms with van der Waals surface area (Å²) in [6.07, 6.45) is 0. The minimum absolute atomic E-state index is 0.00667. The number of benzene rings is 3. The molecule has 0 aromatic heterocycles. The fraction of sp³-hybridized carbons (Fsp3) is 0.432. The highest BCUT2D eigenvalue weighted by Crippen LogP contribution is 2.46. The van der Waals surface area contributed by atoms with Gasteiger partial charge in [-0.1, -0.05) is 47.5 Å². The molecule has 2 heterocycles. The van der Waals surface area contributed by atoms with E-state index in [9.17, 15) is 18.0 Å². The quantitative estimate of drug-likeness (QED) is 0.217. The number of piperazine rings is 1. The number of halogens is 2. The van der Waals surface area contributed by atoms with E-state index in [-0.39, 0.29) is 48.6 Å². The zero-order valence-electron chi connectivity index (χ0n) is 30.5. The van der Waals surface area contributed by atoms with Crippen LogP contribution in [0.15, 0.2) is 70.6 Å². The van der Waals surface area contributed by atoms with Gasteiger partial charge in [-0.25, -0.2) is 13.2 Å². The van der Waals surface area contributed by atoms with Gasteiger partial charge in [-0.2, -0.15) is 4.72 Å². The summed E-state index contributed by atoms with van der Waals surface area (Å²) >= 11 is 12.6. The molecule has 13 nitrogen and oxygen atoms in total. The number of ether oxygens (including phenoxy) is 3. The lowest BCUT2D eigenvalue weighted by Crippen LogP contribution is -2.55. The van der Waals surface area contributed by atoms with Crippen molar-refractivity contribution in [3.05, 3.63) is 93.0 Å². The second-order valence-electron chi connectivity index (χ2n) is 12.9. The fourth-order valence-electron chi connectivity index (χ4n) is 6.53. The molecule has 0 saturated carbocycles. The summed E-state index contributed by atoms with van der Waals surface area (Å²) in [5.74, 6) is 0.498. The number of carbonyl (C=O) groups excluding carboxylic acids is 2. The van der Waals surface area contributed by atoms with Crippen LogP contribution >= 0.6 is 23.2 Å². The number of methoxy groups -OCH3 is 2. The smallest absolute Gasteiger partial charge is 0.326 e. The van der Waals surface area contributed by atoms with Crippen molar-refractivity contribution in [1.82, 2.24) is 24.7 Å². The van der Waals surface area contributed by atoms with Crippen molar-refractivity contribution < 1.29 is 32.2 Å². The second-order valence-corrected chi connectivity index (χ2v) is 15.5. The Balaban J connectivity index is 1.59. The largest absolute Gasteiger partial charge is 0.493 e. The summed E-state index contributed by atoms with van der Waals surface area (Å²) < 4.78 is 45.7. The van der Waals surface area contributed by atoms with E-state index in [0.717, 1.165) is 11.1 Å². The number of aliphatic imine (C=N–C) groups is 1. The maximum absolute atomic E-state index is 15.0. The Labute approximate surface area is 321 Å². The molecule has 0 bridgehead atoms. The van der Waals surface area contributed by atoms with Crippen molar-refractivity contribution >= 4 is 51.0 Å². The zero-order valence-corrected chi connectivity index (χ0v) is 32.8. The third kappa shape index (κ3) is 9.68. The second kappa shape index (κ2) is 18.0. The average Bonchev–Trinajstić information content (AvgIpc) is 3.52. The summed E-state index contributed by atoms with van der Waals surface area (Å²) in [4.78, 5) is 38.3. The first kappa shape index (κ1) is 40.4. The molecule has 5 rings (SSSR count). The Morgan fingerprint density at radius 3 is 2.15 bits per heavy atom. The van der Waals surface area contributed by atoms with Crippen LogP contribution in [-0.2, 0) is 24.3 Å². The van der Waals surface area contributed by atoms with Gasteiger partial charge in [0.2, 0.25) is 15.9 Å². The zero-order chi connectivity index (χ0) is 38.3. The highest BCUT2D eigenvalue weighted by atomic mass is 35.5. The van der Waals surface area contributed by atoms with Gasteiger partial charge in [0.05, 0.1) is 36.3 Å². The molecular weight excluding hydrogens is 743 g/mol. The van der Waals surface area contributed by atoms with E-state index in [1.807, 2.05) is 43.0 Å². The van der Waals surface area contributed by atoms with Crippen LogP contribution in [-0.4, -0.2) is 114 Å². The molecule has 3 atom stereocenters. The minimum atomic E-state index is -4.04. The van der Waals surface area contributed by atoms with E-state index in [4.69, 9.17) is 42.4 Å². The molecular formula is C37H46Cl2N6O7S. The topological polar surface area (TPSA) is 142 Å². The third-order valence-corrected chi connectivity index (χ3v) is 11.1. The third-order valence-electron chi connectivity index (χ3n) is 9.03. The lowest BCUT2D eigenvalue weighted by molar-refractivity contribution is -0.123. The van der Waals surface area contributed by atoms with Crippen LogP contribution in [0.25, 0.3) is 0 Å². The Hall–Kier alpha value is -3.76. The molecule has 2 N–H and O–H groups in total. The van der Waals surface area contributed by atoms with Crippen LogP contribution in [0.2, 0.25) is 10.0 Å². The molecule has 16 heteroatoms. The van der Waals surface area contributed by atoms with Crippen LogP contribution in [0.5, 0.6) is 5.75 Å². The Bertz CT molecular complexity index is 1890. The summed E-state index contributed by atoms with van der Waals surface area (Å²) in [7, 11) is -1.06. The van der Waals surface area contributed by atoms with Gasteiger partial charge < -0.3 is 24.4 Å². The summed E-state index contributed by atoms with van der Waals surface area (Å²) in [6.45, 7) is 7.64. The van der Waals surface area contributed by atoms with Crippen molar-refractivity contribution in [2.75, 3.05) is 66.9 Å². The molecule has 1 unspecified atom stereocenters. The molecule has 0 radical (unpaired) electrons. The van der Waals surface area contributed by atoms with Crippen LogP contribution in [0.4, 0.5) is 4.79 Å². The number of carbonyl (C=O) groups is 2. The number of nitrogens with one attached hydrogen (secondary N) is 2. The SMILES string of the molecule is CCOc1cc(C)c(S(=O)(=O)NCOC)cc1C1=N[C@@H](c2ccc(Cl)cc2)[C@@H](c2ccc(Cl)cc2)N1C(=O)N1CCN(CC(=O)NC(C)COC)CC1. The lowest BCUT2D eigenvalue weighted by Gasteiger charge is -2.39. The van der Waals surface area contributed by atoms with Crippen molar-refractivity contribution in [2.24, 2.45) is 4.99 Å². The first-order valence-electron chi connectivity index (χ1n) is 17.3. The predicted molar refractivity (Wildman–Crippen MR) is 204 cm³/mol. The molecule has 1 saturated heterocycles. The van der Waals surface area contributed by atoms with Crippen LogP contribution in [0.3, 0.4) is 0 Å². The van der Waals surface area contributed by atoms with Gasteiger partial charge in [0, 0.05) is 56.5 Å². The lowest BCUT2D eigenvalue weighted by atomic mass is 9.93. The maximum atomic E-state index is 15.0. The van der Waals surface area contributed by atoms with Gasteiger partial charge in [-0.05, 0) is 73.9 Å². The maximum Gasteiger partial charge on any atom is 0.326 e. The van der Waals surface area contributed by atoms with E-state index in [2.05, 4.69) is 10.0 Å². The summed E-state index contributed by atoms with van der Waals surface area (Å²) in [5, 5.41) is 4.01. The summed E-state index contributed by atoms with van der Waals surface area (Å²) in [6, 6.07) is 15.9. The van der Waals surface area contributed by atoms with Crippen LogP contribution in [0, 0.1) is 6.92 Å². The molecule has 53 heavy (non-hydrogen) atoms. The molecule has 3 amide bonds. The number of nitrogens with zero attached hydrogens (tertiary/aromatic N) is 4. The predicted octanol–water partition coefficient (Wildman–Crippen LogP) is 5.02. The van der Waals surface area contributed by atoms with Crippen molar-refractivity contribution in [1.29, 1.82) is 0 Å². The number of hydrogen-bond acceptors (Lipinski definition) is 9. The molecule has 0 aliphatic carbocycles. The number of urea groups is 1. The monoisotopic (exact) mass is 788 g/mol. The van der Waals surface area contributed by atoms with E-state index < -0.39 is 22.1 Å². The summed E-state index contributed by atoms with van der Waals surface area (Å²) in [5.41, 5.74) is 2.33. The molecule has 2 aliphatic rings. The van der Waals surface area contributed by atoms with Gasteiger partial charge in [0.25, 0.3) is 0 Å². The Morgan fingerprint density at radius 2 is 1.57 bits per heavy atom. The Morgan fingerprint density at radius 1 is 0.943 bits per heavy atom. The van der Waals surface area contributed by atoms with Gasteiger partial charge in [-0.15, -0.1) is 0 Å². The van der Waals surface area contributed by atoms with E-state index >= 15 is 0 Å². The molecule has 1 fully saturated rings. The first-order chi connectivity index (χ1) is 25.4. The number of hydrogen-bond donors (Lipinski definition) is 2. The van der Waals surface area contributed by atoms with Gasteiger partial charge in [0.1, 0.15) is 24.4 Å². The fourth-order valence-corrected chi connectivity index (χ4v) is 7.97. The molecule has 286 valence electrons. The number of aryl methyl sites for hydroxylation is 1. The molecule has 3 aromatic rings. The van der Waals surface area contributed by atoms with Crippen molar-refractivity contribution in [3.8, 4) is 5.75 Å². The number of sulfonamides is 1. The van der Waals surface area contributed by atoms with Crippen LogP contribution in [0.1, 0.15) is 48.2 Å². The van der Waals surface area contributed by atoms with Gasteiger partial charge in [0.15, 0.2) is 0 Å². The normalized spacial score (nSPS) is 18.5.